The third-order valence-electron chi connectivity index (χ3n) is 2.53. The van der Waals surface area contributed by atoms with Crippen LogP contribution in [0.15, 0.2) is 12.1 Å². The van der Waals surface area contributed by atoms with Gasteiger partial charge >= 0.3 is 0 Å². The Bertz CT molecular complexity index is 473. The van der Waals surface area contributed by atoms with Crippen LogP contribution in [0.2, 0.25) is 0 Å². The van der Waals surface area contributed by atoms with Gasteiger partial charge in [-0.25, -0.2) is 4.98 Å². The molecule has 0 bridgehead atoms. The second kappa shape index (κ2) is 5.44. The smallest absolute Gasteiger partial charge is 0.290 e. The summed E-state index contributed by atoms with van der Waals surface area (Å²) in [6.45, 7) is 5.24. The number of rotatable bonds is 5. The first-order chi connectivity index (χ1) is 8.32. The third kappa shape index (κ3) is 3.16. The minimum absolute atomic E-state index is 0.000187. The number of carbonyl (C=O) groups excluding carboxylic acids is 1. The molecule has 0 fully saturated rings. The number of nitrogens with zero attached hydrogens (tertiary/aromatic N) is 2. The van der Waals surface area contributed by atoms with Crippen molar-refractivity contribution in [3.05, 3.63) is 27.9 Å². The summed E-state index contributed by atoms with van der Waals surface area (Å²) in [6, 6.07) is 2.25. The SMILES string of the molecule is Cc1nc(NC(C(N)=O)C(C)C)ccc1[N+](=O)[O-]. The zero-order valence-corrected chi connectivity index (χ0v) is 10.5. The molecule has 0 saturated carbocycles. The van der Waals surface area contributed by atoms with Crippen molar-refractivity contribution in [1.29, 1.82) is 0 Å². The highest BCUT2D eigenvalue weighted by atomic mass is 16.6. The molecule has 7 heteroatoms. The number of aromatic nitrogens is 1. The fraction of sp³-hybridized carbons (Fsp3) is 0.455. The molecular weight excluding hydrogens is 236 g/mol. The van der Waals surface area contributed by atoms with Crippen molar-refractivity contribution in [2.75, 3.05) is 5.32 Å². The molecule has 0 aliphatic rings. The highest BCUT2D eigenvalue weighted by Crippen LogP contribution is 2.19. The van der Waals surface area contributed by atoms with Crippen LogP contribution >= 0.6 is 0 Å². The molecule has 1 amide bonds. The van der Waals surface area contributed by atoms with Crippen LogP contribution in [0.25, 0.3) is 0 Å². The molecule has 1 aromatic rings. The number of anilines is 1. The molecule has 0 saturated heterocycles. The summed E-state index contributed by atoms with van der Waals surface area (Å²) in [5, 5.41) is 13.5. The standard InChI is InChI=1S/C11H16N4O3/c1-6(2)10(11(12)16)14-9-5-4-8(15(17)18)7(3)13-9/h4-6,10H,1-3H3,(H2,12,16)(H,13,14). The Balaban J connectivity index is 2.95. The molecule has 98 valence electrons. The van der Waals surface area contributed by atoms with E-state index in [1.54, 1.807) is 0 Å². The van der Waals surface area contributed by atoms with Crippen molar-refractivity contribution in [3.8, 4) is 0 Å². The molecule has 7 nitrogen and oxygen atoms in total. The number of aryl methyl sites for hydroxylation is 1. The summed E-state index contributed by atoms with van der Waals surface area (Å²) in [5.41, 5.74) is 5.50. The lowest BCUT2D eigenvalue weighted by atomic mass is 10.0. The van der Waals surface area contributed by atoms with Gasteiger partial charge in [-0.2, -0.15) is 0 Å². The lowest BCUT2D eigenvalue weighted by molar-refractivity contribution is -0.385. The Morgan fingerprint density at radius 3 is 2.50 bits per heavy atom. The minimum Gasteiger partial charge on any atom is -0.368 e. The van der Waals surface area contributed by atoms with Crippen molar-refractivity contribution in [3.63, 3.8) is 0 Å². The van der Waals surface area contributed by atoms with Gasteiger partial charge in [-0.3, -0.25) is 14.9 Å². The van der Waals surface area contributed by atoms with Gasteiger partial charge in [-0.1, -0.05) is 13.8 Å². The highest BCUT2D eigenvalue weighted by Gasteiger charge is 2.20. The molecule has 0 radical (unpaired) electrons. The lowest BCUT2D eigenvalue weighted by Crippen LogP contribution is -2.39. The Kier molecular flexibility index (Phi) is 4.19. The predicted molar refractivity (Wildman–Crippen MR) is 67.1 cm³/mol. The Morgan fingerprint density at radius 2 is 2.11 bits per heavy atom. The van der Waals surface area contributed by atoms with Crippen LogP contribution in [-0.4, -0.2) is 21.9 Å². The molecule has 1 atom stereocenters. The average Bonchev–Trinajstić information content (AvgIpc) is 2.24. The Labute approximate surface area is 105 Å². The van der Waals surface area contributed by atoms with E-state index in [0.717, 1.165) is 0 Å². The molecule has 3 N–H and O–H groups in total. The molecule has 1 aromatic heterocycles. The van der Waals surface area contributed by atoms with Crippen molar-refractivity contribution < 1.29 is 9.72 Å². The predicted octanol–water partition coefficient (Wildman–Crippen LogP) is 1.22. The molecule has 18 heavy (non-hydrogen) atoms. The van der Waals surface area contributed by atoms with Gasteiger partial charge < -0.3 is 11.1 Å². The zero-order valence-electron chi connectivity index (χ0n) is 10.5. The van der Waals surface area contributed by atoms with Crippen molar-refractivity contribution in [2.24, 2.45) is 11.7 Å². The number of primary amides is 1. The van der Waals surface area contributed by atoms with Crippen molar-refractivity contribution in [2.45, 2.75) is 26.8 Å². The molecule has 0 aromatic carbocycles. The number of nitro groups is 1. The number of hydrogen-bond donors (Lipinski definition) is 2. The molecule has 1 heterocycles. The second-order valence-electron chi connectivity index (χ2n) is 4.33. The van der Waals surface area contributed by atoms with E-state index in [4.69, 9.17) is 5.73 Å². The summed E-state index contributed by atoms with van der Waals surface area (Å²) >= 11 is 0. The van der Waals surface area contributed by atoms with Crippen molar-refractivity contribution in [1.82, 2.24) is 4.98 Å². The maximum atomic E-state index is 11.2. The van der Waals surface area contributed by atoms with Crippen LogP contribution < -0.4 is 11.1 Å². The maximum absolute atomic E-state index is 11.2. The zero-order chi connectivity index (χ0) is 13.9. The molecule has 1 unspecified atom stereocenters. The second-order valence-corrected chi connectivity index (χ2v) is 4.33. The fourth-order valence-electron chi connectivity index (χ4n) is 1.55. The number of carbonyl (C=O) groups is 1. The Morgan fingerprint density at radius 1 is 1.50 bits per heavy atom. The summed E-state index contributed by atoms with van der Waals surface area (Å²) in [6.07, 6.45) is 0. The van der Waals surface area contributed by atoms with Gasteiger partial charge in [0.1, 0.15) is 17.6 Å². The first-order valence-corrected chi connectivity index (χ1v) is 5.50. The molecular formula is C11H16N4O3. The lowest BCUT2D eigenvalue weighted by Gasteiger charge is -2.19. The Hall–Kier alpha value is -2.18. The van der Waals surface area contributed by atoms with Gasteiger partial charge in [0.15, 0.2) is 0 Å². The monoisotopic (exact) mass is 252 g/mol. The van der Waals surface area contributed by atoms with E-state index in [1.807, 2.05) is 13.8 Å². The van der Waals surface area contributed by atoms with E-state index < -0.39 is 16.9 Å². The normalized spacial score (nSPS) is 12.2. The number of nitrogens with two attached hydrogens (primary N) is 1. The van der Waals surface area contributed by atoms with Crippen LogP contribution in [0.3, 0.4) is 0 Å². The summed E-state index contributed by atoms with van der Waals surface area (Å²) < 4.78 is 0. The van der Waals surface area contributed by atoms with Gasteiger partial charge in [-0.05, 0) is 18.9 Å². The van der Waals surface area contributed by atoms with Crippen LogP contribution in [0.1, 0.15) is 19.5 Å². The van der Waals surface area contributed by atoms with Gasteiger partial charge in [0.05, 0.1) is 4.92 Å². The first-order valence-electron chi connectivity index (χ1n) is 5.50. The summed E-state index contributed by atoms with van der Waals surface area (Å²) in [7, 11) is 0. The van der Waals surface area contributed by atoms with Gasteiger partial charge in [0.25, 0.3) is 5.69 Å². The maximum Gasteiger partial charge on any atom is 0.290 e. The highest BCUT2D eigenvalue weighted by molar-refractivity contribution is 5.82. The van der Waals surface area contributed by atoms with Gasteiger partial charge in [0, 0.05) is 6.07 Å². The van der Waals surface area contributed by atoms with E-state index in [1.165, 1.54) is 19.1 Å². The largest absolute Gasteiger partial charge is 0.368 e. The molecule has 0 aliphatic carbocycles. The molecule has 0 spiro atoms. The van der Waals surface area contributed by atoms with Crippen molar-refractivity contribution >= 4 is 17.4 Å². The number of hydrogen-bond acceptors (Lipinski definition) is 5. The summed E-state index contributed by atoms with van der Waals surface area (Å²) in [4.78, 5) is 25.4. The van der Waals surface area contributed by atoms with Gasteiger partial charge in [0.2, 0.25) is 5.91 Å². The first kappa shape index (κ1) is 13.9. The number of nitrogens with one attached hydrogen (secondary N) is 1. The van der Waals surface area contributed by atoms with E-state index in [9.17, 15) is 14.9 Å². The third-order valence-corrected chi connectivity index (χ3v) is 2.53. The van der Waals surface area contributed by atoms with Crippen LogP contribution in [-0.2, 0) is 4.79 Å². The van der Waals surface area contributed by atoms with Gasteiger partial charge in [-0.15, -0.1) is 0 Å². The van der Waals surface area contributed by atoms with Crippen LogP contribution in [0.5, 0.6) is 0 Å². The van der Waals surface area contributed by atoms with Crippen LogP contribution in [0, 0.1) is 23.0 Å². The molecule has 0 aliphatic heterocycles. The number of pyridine rings is 1. The van der Waals surface area contributed by atoms with E-state index in [0.29, 0.717) is 5.82 Å². The topological polar surface area (TPSA) is 111 Å². The number of amides is 1. The summed E-state index contributed by atoms with van der Waals surface area (Å²) in [5.74, 6) is -0.0850. The quantitative estimate of drug-likeness (QED) is 0.604. The molecule has 1 rings (SSSR count). The van der Waals surface area contributed by atoms with Crippen LogP contribution in [0.4, 0.5) is 11.5 Å². The van der Waals surface area contributed by atoms with E-state index >= 15 is 0 Å². The fourth-order valence-corrected chi connectivity index (χ4v) is 1.55. The average molecular weight is 252 g/mol. The minimum atomic E-state index is -0.557. The van der Waals surface area contributed by atoms with E-state index in [2.05, 4.69) is 10.3 Å². The van der Waals surface area contributed by atoms with E-state index in [-0.39, 0.29) is 17.3 Å².